The largest absolute Gasteiger partial charge is 0.510 e. The van der Waals surface area contributed by atoms with Gasteiger partial charge in [0, 0.05) is 29.1 Å². The number of aromatic hydroxyl groups is 1. The van der Waals surface area contributed by atoms with Crippen molar-refractivity contribution in [2.45, 2.75) is 56.8 Å². The average Bonchev–Trinajstić information content (AvgIpc) is 3.23. The Kier molecular flexibility index (Phi) is 6.38. The van der Waals surface area contributed by atoms with E-state index in [4.69, 9.17) is 17.3 Å². The number of phenols is 1. The average molecular weight is 546 g/mol. The Balaban J connectivity index is 1.64. The molecular weight excluding hydrogens is 514 g/mol. The molecule has 0 spiro atoms. The van der Waals surface area contributed by atoms with E-state index in [-0.39, 0.29) is 29.7 Å². The molecule has 1 amide bonds. The number of nitrogens with two attached hydrogens (primary N) is 1. The predicted octanol–water partition coefficient (Wildman–Crippen LogP) is 1.76. The Morgan fingerprint density at radius 3 is 2.53 bits per heavy atom. The third-order valence-corrected chi connectivity index (χ3v) is 9.27. The van der Waals surface area contributed by atoms with Gasteiger partial charge in [-0.3, -0.25) is 24.2 Å². The molecule has 4 aliphatic rings. The van der Waals surface area contributed by atoms with Crippen LogP contribution in [0.1, 0.15) is 47.7 Å². The van der Waals surface area contributed by atoms with E-state index in [9.17, 15) is 34.8 Å². The second-order valence-electron chi connectivity index (χ2n) is 11.1. The van der Waals surface area contributed by atoms with Crippen LogP contribution in [0, 0.1) is 11.8 Å². The van der Waals surface area contributed by atoms with Crippen molar-refractivity contribution in [3.8, 4) is 5.75 Å². The van der Waals surface area contributed by atoms with Crippen LogP contribution in [-0.4, -0.2) is 86.0 Å². The van der Waals surface area contributed by atoms with Crippen LogP contribution in [-0.2, 0) is 22.6 Å². The molecule has 11 heteroatoms. The molecule has 1 aromatic rings. The summed E-state index contributed by atoms with van der Waals surface area (Å²) in [6.45, 7) is 3.55. The quantitative estimate of drug-likeness (QED) is 0.354. The van der Waals surface area contributed by atoms with Crippen molar-refractivity contribution in [1.29, 1.82) is 0 Å². The van der Waals surface area contributed by atoms with Gasteiger partial charge in [0.25, 0.3) is 5.91 Å². The second kappa shape index (κ2) is 9.08. The molecule has 0 radical (unpaired) electrons. The van der Waals surface area contributed by atoms with E-state index in [0.29, 0.717) is 28.7 Å². The van der Waals surface area contributed by atoms with E-state index in [1.54, 1.807) is 14.1 Å². The monoisotopic (exact) mass is 545 g/mol. The van der Waals surface area contributed by atoms with Gasteiger partial charge in [0.1, 0.15) is 22.8 Å². The van der Waals surface area contributed by atoms with Gasteiger partial charge in [0.15, 0.2) is 11.4 Å². The molecule has 5 atom stereocenters. The maximum absolute atomic E-state index is 13.7. The molecule has 10 nitrogen and oxygen atoms in total. The lowest BCUT2D eigenvalue weighted by Crippen LogP contribution is -2.63. The number of hydrogen-bond acceptors (Lipinski definition) is 9. The zero-order valence-electron chi connectivity index (χ0n) is 21.5. The van der Waals surface area contributed by atoms with Crippen LogP contribution < -0.4 is 5.73 Å². The number of fused-ring (bicyclic) bond motifs is 3. The number of primary amides is 1. The first-order valence-electron chi connectivity index (χ1n) is 12.7. The Labute approximate surface area is 225 Å². The van der Waals surface area contributed by atoms with Crippen LogP contribution in [0.15, 0.2) is 28.7 Å². The highest BCUT2D eigenvalue weighted by molar-refractivity contribution is 6.33. The number of amides is 1. The lowest BCUT2D eigenvalue weighted by molar-refractivity contribution is -0.148. The molecule has 5 rings (SSSR count). The van der Waals surface area contributed by atoms with Gasteiger partial charge in [-0.2, -0.15) is 0 Å². The van der Waals surface area contributed by atoms with Gasteiger partial charge in [0.2, 0.25) is 5.78 Å². The van der Waals surface area contributed by atoms with Gasteiger partial charge >= 0.3 is 0 Å². The zero-order valence-corrected chi connectivity index (χ0v) is 22.2. The highest BCUT2D eigenvalue weighted by atomic mass is 35.5. The van der Waals surface area contributed by atoms with Crippen LogP contribution in [0.5, 0.6) is 5.75 Å². The van der Waals surface area contributed by atoms with E-state index in [2.05, 4.69) is 11.8 Å². The number of ketones is 2. The summed E-state index contributed by atoms with van der Waals surface area (Å²) in [5.74, 6) is -6.76. The lowest BCUT2D eigenvalue weighted by atomic mass is 9.58. The molecule has 0 bridgehead atoms. The first-order chi connectivity index (χ1) is 17.8. The number of nitrogens with zero attached hydrogens (tertiary/aromatic N) is 2. The summed E-state index contributed by atoms with van der Waals surface area (Å²) in [5.41, 5.74) is 2.74. The summed E-state index contributed by atoms with van der Waals surface area (Å²) in [6, 6.07) is 0.792. The van der Waals surface area contributed by atoms with Crippen molar-refractivity contribution in [2.24, 2.45) is 17.6 Å². The fourth-order valence-electron chi connectivity index (χ4n) is 6.92. The van der Waals surface area contributed by atoms with Crippen LogP contribution in [0.2, 0.25) is 5.02 Å². The number of aliphatic hydroxyl groups is 3. The maximum atomic E-state index is 13.7. The Morgan fingerprint density at radius 1 is 1.26 bits per heavy atom. The third kappa shape index (κ3) is 3.61. The molecule has 1 aliphatic heterocycles. The van der Waals surface area contributed by atoms with Crippen molar-refractivity contribution in [3.05, 3.63) is 50.4 Å². The molecule has 3 aliphatic carbocycles. The second-order valence-corrected chi connectivity index (χ2v) is 11.5. The minimum atomic E-state index is -2.66. The molecule has 1 saturated heterocycles. The van der Waals surface area contributed by atoms with Crippen LogP contribution in [0.4, 0.5) is 0 Å². The smallest absolute Gasteiger partial charge is 0.255 e. The van der Waals surface area contributed by atoms with E-state index >= 15 is 0 Å². The van der Waals surface area contributed by atoms with Gasteiger partial charge in [-0.05, 0) is 76.4 Å². The number of carbonyl (C=O) groups is 3. The van der Waals surface area contributed by atoms with Crippen molar-refractivity contribution >= 4 is 29.1 Å². The minimum absolute atomic E-state index is 0.0240. The highest BCUT2D eigenvalue weighted by Crippen LogP contribution is 2.53. The molecule has 1 aromatic carbocycles. The fraction of sp³-hybridized carbons (Fsp3) is 0.519. The summed E-state index contributed by atoms with van der Waals surface area (Å²) >= 11 is 6.82. The number of carbonyl (C=O) groups excluding carboxylic acids is 3. The van der Waals surface area contributed by atoms with Crippen molar-refractivity contribution in [1.82, 2.24) is 9.80 Å². The number of Topliss-reactive ketones (excluding diaryl/α,β-unsaturated/α-hetero) is 2. The highest BCUT2D eigenvalue weighted by Gasteiger charge is 2.63. The minimum Gasteiger partial charge on any atom is -0.510 e. The number of rotatable bonds is 4. The zero-order chi connectivity index (χ0) is 27.8. The summed E-state index contributed by atoms with van der Waals surface area (Å²) in [6.07, 6.45) is 2.33. The topological polar surface area (TPSA) is 165 Å². The molecule has 6 N–H and O–H groups in total. The molecule has 0 unspecified atom stereocenters. The molecular formula is C27H32ClN3O7. The van der Waals surface area contributed by atoms with Gasteiger partial charge in [-0.25, -0.2) is 0 Å². The normalized spacial score (nSPS) is 31.5. The SMILES string of the molecule is C[C@H]1CCCN1Cc1cc(O)c2c(c1Cl)C[C@H]1C[C@H]3[C@H](N(C)C)C(O)=C(C(N)=O)C(=O)[C@@]3(O)C(O)=C1C2=O. The van der Waals surface area contributed by atoms with E-state index in [1.807, 2.05) is 0 Å². The summed E-state index contributed by atoms with van der Waals surface area (Å²) in [5, 5.41) is 45.1. The molecule has 1 fully saturated rings. The molecule has 0 aromatic heterocycles. The third-order valence-electron chi connectivity index (χ3n) is 8.79. The molecule has 38 heavy (non-hydrogen) atoms. The fourth-order valence-corrected chi connectivity index (χ4v) is 7.20. The number of likely N-dealkylation sites (N-methyl/N-ethyl adjacent to an activating group) is 1. The van der Waals surface area contributed by atoms with Gasteiger partial charge in [0.05, 0.1) is 11.6 Å². The molecule has 1 heterocycles. The number of hydrogen-bond donors (Lipinski definition) is 5. The first kappa shape index (κ1) is 26.7. The Morgan fingerprint density at radius 2 is 1.95 bits per heavy atom. The van der Waals surface area contributed by atoms with E-state index in [1.165, 1.54) is 11.0 Å². The molecule has 0 saturated carbocycles. The number of benzene rings is 1. The van der Waals surface area contributed by atoms with E-state index < -0.39 is 58.0 Å². The summed E-state index contributed by atoms with van der Waals surface area (Å²) < 4.78 is 0. The van der Waals surface area contributed by atoms with Crippen LogP contribution in [0.3, 0.4) is 0 Å². The summed E-state index contributed by atoms with van der Waals surface area (Å²) in [7, 11) is 3.18. The summed E-state index contributed by atoms with van der Waals surface area (Å²) in [4.78, 5) is 42.9. The van der Waals surface area contributed by atoms with Gasteiger partial charge < -0.3 is 26.2 Å². The number of likely N-dealkylation sites (tertiary alicyclic amines) is 1. The lowest BCUT2D eigenvalue weighted by Gasteiger charge is -2.50. The van der Waals surface area contributed by atoms with Crippen molar-refractivity contribution in [2.75, 3.05) is 20.6 Å². The Hall–Kier alpha value is -2.92. The van der Waals surface area contributed by atoms with Crippen LogP contribution in [0.25, 0.3) is 0 Å². The van der Waals surface area contributed by atoms with Crippen molar-refractivity contribution in [3.63, 3.8) is 0 Å². The van der Waals surface area contributed by atoms with Gasteiger partial charge in [-0.15, -0.1) is 0 Å². The molecule has 204 valence electrons. The number of aliphatic hydroxyl groups excluding tert-OH is 2. The Bertz CT molecular complexity index is 1340. The van der Waals surface area contributed by atoms with Crippen molar-refractivity contribution < 1.29 is 34.8 Å². The van der Waals surface area contributed by atoms with Crippen LogP contribution >= 0.6 is 11.6 Å². The maximum Gasteiger partial charge on any atom is 0.255 e. The number of phenolic OH excluding ortho intramolecular Hbond substituents is 1. The van der Waals surface area contributed by atoms with Gasteiger partial charge in [-0.1, -0.05) is 11.6 Å². The number of allylic oxidation sites excluding steroid dienone is 1. The van der Waals surface area contributed by atoms with E-state index in [0.717, 1.165) is 19.4 Å². The standard InChI is InChI=1S/C27H32ClN3O7/c1-11-5-4-6-31(11)10-13-9-16(32)18-14(20(13)28)7-12-8-15-21(30(2)3)23(34)19(26(29)37)25(36)27(15,38)24(35)17(12)22(18)33/h9,11-12,15,21,32,34-35,38H,4-8,10H2,1-3H3,(H2,29,37)/t11-,12-,15-,21-,27-/m0/s1. The predicted molar refractivity (Wildman–Crippen MR) is 138 cm³/mol. The number of halogens is 1. The first-order valence-corrected chi connectivity index (χ1v) is 13.1.